The maximum Gasteiger partial charge on any atom is 0.419 e. The summed E-state index contributed by atoms with van der Waals surface area (Å²) in [5.74, 6) is 6.11. The first kappa shape index (κ1) is 26.0. The van der Waals surface area contributed by atoms with Crippen LogP contribution in [0.4, 0.5) is 4.79 Å². The summed E-state index contributed by atoms with van der Waals surface area (Å²) in [6, 6.07) is 12.1. The molecule has 0 bridgehead atoms. The van der Waals surface area contributed by atoms with Gasteiger partial charge in [0.15, 0.2) is 0 Å². The van der Waals surface area contributed by atoms with Crippen LogP contribution in [-0.4, -0.2) is 53.8 Å². The van der Waals surface area contributed by atoms with E-state index in [9.17, 15) is 9.59 Å². The van der Waals surface area contributed by atoms with Gasteiger partial charge in [0.25, 0.3) is 5.91 Å². The smallest absolute Gasteiger partial charge is 0.419 e. The second kappa shape index (κ2) is 10.6. The Kier molecular flexibility index (Phi) is 7.29. The van der Waals surface area contributed by atoms with Gasteiger partial charge in [-0.05, 0) is 83.6 Å². The van der Waals surface area contributed by atoms with Crippen molar-refractivity contribution in [2.45, 2.75) is 58.7 Å². The van der Waals surface area contributed by atoms with Gasteiger partial charge >= 0.3 is 6.09 Å². The lowest BCUT2D eigenvalue weighted by Crippen LogP contribution is -2.29. The third kappa shape index (κ3) is 5.33. The number of nitrogens with one attached hydrogen (secondary N) is 2. The van der Waals surface area contributed by atoms with E-state index in [1.807, 2.05) is 52.1 Å². The van der Waals surface area contributed by atoms with Gasteiger partial charge in [-0.1, -0.05) is 30.4 Å². The van der Waals surface area contributed by atoms with E-state index in [0.717, 1.165) is 41.7 Å². The largest absolute Gasteiger partial charge is 0.443 e. The summed E-state index contributed by atoms with van der Waals surface area (Å²) in [5.41, 5.74) is 4.92. The van der Waals surface area contributed by atoms with Crippen LogP contribution in [0.2, 0.25) is 0 Å². The highest BCUT2D eigenvalue weighted by Gasteiger charge is 2.30. The number of aromatic nitrogens is 1. The van der Waals surface area contributed by atoms with Gasteiger partial charge in [0.05, 0.1) is 23.3 Å². The minimum absolute atomic E-state index is 0.154. The molecule has 3 heterocycles. The van der Waals surface area contributed by atoms with Crippen LogP contribution in [-0.2, 0) is 17.8 Å². The Morgan fingerprint density at radius 2 is 1.89 bits per heavy atom. The average molecular weight is 513 g/mol. The molecular weight excluding hydrogens is 476 g/mol. The van der Waals surface area contributed by atoms with Crippen molar-refractivity contribution in [1.29, 1.82) is 0 Å². The number of ether oxygens (including phenoxy) is 1. The van der Waals surface area contributed by atoms with Gasteiger partial charge in [-0.3, -0.25) is 9.69 Å². The molecule has 2 N–H and O–H groups in total. The van der Waals surface area contributed by atoms with E-state index in [2.05, 4.69) is 39.5 Å². The van der Waals surface area contributed by atoms with E-state index in [1.54, 1.807) is 4.57 Å². The van der Waals surface area contributed by atoms with Crippen LogP contribution in [0.1, 0.15) is 67.1 Å². The molecule has 0 atom stereocenters. The zero-order valence-corrected chi connectivity index (χ0v) is 22.7. The molecule has 0 spiro atoms. The molecule has 2 aliphatic heterocycles. The molecule has 0 unspecified atom stereocenters. The van der Waals surface area contributed by atoms with E-state index < -0.39 is 11.7 Å². The lowest BCUT2D eigenvalue weighted by atomic mass is 9.96. The second-order valence-electron chi connectivity index (χ2n) is 11.1. The molecule has 2 aromatic carbocycles. The molecular formula is C31H36N4O3. The Morgan fingerprint density at radius 1 is 1.11 bits per heavy atom. The summed E-state index contributed by atoms with van der Waals surface area (Å²) >= 11 is 0. The molecule has 1 amide bonds. The Bertz CT molecular complexity index is 1450. The van der Waals surface area contributed by atoms with Gasteiger partial charge in [-0.2, -0.15) is 0 Å². The highest BCUT2D eigenvalue weighted by Crippen LogP contribution is 2.36. The van der Waals surface area contributed by atoms with E-state index in [-0.39, 0.29) is 5.91 Å². The van der Waals surface area contributed by atoms with Crippen molar-refractivity contribution >= 4 is 22.9 Å². The lowest BCUT2D eigenvalue weighted by Gasteiger charge is -2.26. The first-order chi connectivity index (χ1) is 18.2. The molecule has 1 aromatic heterocycles. The molecule has 7 nitrogen and oxygen atoms in total. The summed E-state index contributed by atoms with van der Waals surface area (Å²) in [6.45, 7) is 9.67. The van der Waals surface area contributed by atoms with Gasteiger partial charge in [-0.25, -0.2) is 9.36 Å². The molecule has 198 valence electrons. The quantitative estimate of drug-likeness (QED) is 0.487. The fourth-order valence-corrected chi connectivity index (χ4v) is 5.35. The minimum Gasteiger partial charge on any atom is -0.443 e. The summed E-state index contributed by atoms with van der Waals surface area (Å²) in [5, 5.41) is 6.92. The van der Waals surface area contributed by atoms with Crippen LogP contribution >= 0.6 is 0 Å². The topological polar surface area (TPSA) is 75.6 Å². The van der Waals surface area contributed by atoms with Crippen LogP contribution < -0.4 is 10.6 Å². The van der Waals surface area contributed by atoms with Crippen LogP contribution in [0.15, 0.2) is 36.4 Å². The number of carbonyl (C=O) groups is 2. The van der Waals surface area contributed by atoms with Crippen LogP contribution in [0, 0.1) is 11.8 Å². The van der Waals surface area contributed by atoms with Gasteiger partial charge in [-0.15, -0.1) is 0 Å². The number of carbonyl (C=O) groups excluding carboxylic acids is 2. The number of hydrogen-bond acceptors (Lipinski definition) is 5. The van der Waals surface area contributed by atoms with E-state index >= 15 is 0 Å². The van der Waals surface area contributed by atoms with Gasteiger partial charge in [0.2, 0.25) is 0 Å². The zero-order chi connectivity index (χ0) is 26.9. The predicted octanol–water partition coefficient (Wildman–Crippen LogP) is 4.89. The van der Waals surface area contributed by atoms with Gasteiger partial charge in [0, 0.05) is 35.2 Å². The molecule has 0 radical (unpaired) electrons. The summed E-state index contributed by atoms with van der Waals surface area (Å²) in [4.78, 5) is 29.1. The number of nitrogens with zero attached hydrogens (tertiary/aromatic N) is 2. The number of benzene rings is 2. The molecule has 2 aliphatic rings. The first-order valence-corrected chi connectivity index (χ1v) is 13.4. The molecule has 0 saturated carbocycles. The maximum atomic E-state index is 13.6. The van der Waals surface area contributed by atoms with Crippen molar-refractivity contribution in [1.82, 2.24) is 20.1 Å². The Labute approximate surface area is 224 Å². The molecule has 0 aliphatic carbocycles. The number of hydrogen-bond donors (Lipinski definition) is 2. The second-order valence-corrected chi connectivity index (χ2v) is 11.1. The van der Waals surface area contributed by atoms with Crippen molar-refractivity contribution in [2.75, 3.05) is 26.7 Å². The van der Waals surface area contributed by atoms with Crippen LogP contribution in [0.25, 0.3) is 22.2 Å². The predicted molar refractivity (Wildman–Crippen MR) is 150 cm³/mol. The fraction of sp³-hybridized carbons (Fsp3) is 0.419. The summed E-state index contributed by atoms with van der Waals surface area (Å²) < 4.78 is 7.44. The molecule has 1 saturated heterocycles. The fourth-order valence-electron chi connectivity index (χ4n) is 5.35. The number of rotatable bonds is 4. The Hall–Kier alpha value is -3.60. The standard InChI is InChI=1S/C31H36N4O3/c1-31(2,3)38-30(37)35-26-13-10-21(20-34-15-6-5-7-16-34)17-23(26)18-27(35)24-12-11-22(9-8-14-32-4)25-19-33-29(36)28(24)25/h10-13,17-18,32H,5-7,14-16,19-20H2,1-4H3,(H,33,36). The Balaban J connectivity index is 1.64. The SMILES string of the molecule is CNCC#Cc1ccc(-c2cc3cc(CN4CCCCC4)ccc3n2C(=O)OC(C)(C)C)c2c1CNC2=O. The van der Waals surface area contributed by atoms with Crippen LogP contribution in [0.3, 0.4) is 0 Å². The monoisotopic (exact) mass is 512 g/mol. The maximum absolute atomic E-state index is 13.6. The third-order valence-electron chi connectivity index (χ3n) is 7.03. The number of amides is 1. The van der Waals surface area contributed by atoms with E-state index in [0.29, 0.717) is 29.9 Å². The first-order valence-electron chi connectivity index (χ1n) is 13.4. The van der Waals surface area contributed by atoms with Crippen molar-refractivity contribution in [3.8, 4) is 23.1 Å². The van der Waals surface area contributed by atoms with Crippen molar-refractivity contribution < 1.29 is 14.3 Å². The molecule has 7 heteroatoms. The highest BCUT2D eigenvalue weighted by atomic mass is 16.6. The number of piperidine rings is 1. The normalized spacial score (nSPS) is 15.6. The highest BCUT2D eigenvalue weighted by molar-refractivity contribution is 6.07. The van der Waals surface area contributed by atoms with Gasteiger partial charge in [0.1, 0.15) is 5.60 Å². The minimum atomic E-state index is -0.661. The molecule has 5 rings (SSSR count). The Morgan fingerprint density at radius 3 is 2.63 bits per heavy atom. The van der Waals surface area contributed by atoms with E-state index in [1.165, 1.54) is 24.8 Å². The van der Waals surface area contributed by atoms with Gasteiger partial charge < -0.3 is 15.4 Å². The number of fused-ring (bicyclic) bond motifs is 2. The van der Waals surface area contributed by atoms with Crippen molar-refractivity contribution in [2.24, 2.45) is 0 Å². The molecule has 38 heavy (non-hydrogen) atoms. The molecule has 1 fully saturated rings. The zero-order valence-electron chi connectivity index (χ0n) is 22.7. The average Bonchev–Trinajstić information content (AvgIpc) is 3.45. The summed E-state index contributed by atoms with van der Waals surface area (Å²) in [6.07, 6.45) is 3.32. The lowest BCUT2D eigenvalue weighted by molar-refractivity contribution is 0.0547. The number of likely N-dealkylation sites (tertiary alicyclic amines) is 1. The van der Waals surface area contributed by atoms with Crippen molar-refractivity contribution in [3.63, 3.8) is 0 Å². The summed E-state index contributed by atoms with van der Waals surface area (Å²) in [7, 11) is 1.85. The third-order valence-corrected chi connectivity index (χ3v) is 7.03. The van der Waals surface area contributed by atoms with Crippen LogP contribution in [0.5, 0.6) is 0 Å². The van der Waals surface area contributed by atoms with E-state index in [4.69, 9.17) is 4.74 Å². The molecule has 3 aromatic rings. The van der Waals surface area contributed by atoms with Crippen molar-refractivity contribution in [3.05, 3.63) is 58.7 Å².